The molecule has 0 unspecified atom stereocenters. The molecular formula is C32H21NO. The SMILES string of the molecule is c1ccc2c(c1)ccc1ccc(-c3ccc(Nc4cccc5c4oc4ccccc45)cc3)cc12. The van der Waals surface area contributed by atoms with Crippen LogP contribution >= 0.6 is 0 Å². The molecule has 2 nitrogen and oxygen atoms in total. The van der Waals surface area contributed by atoms with Gasteiger partial charge < -0.3 is 9.73 Å². The summed E-state index contributed by atoms with van der Waals surface area (Å²) in [4.78, 5) is 0. The Morgan fingerprint density at radius 3 is 2.03 bits per heavy atom. The number of fused-ring (bicyclic) bond motifs is 6. The van der Waals surface area contributed by atoms with Crippen LogP contribution in [0.2, 0.25) is 0 Å². The minimum absolute atomic E-state index is 0.884. The maximum Gasteiger partial charge on any atom is 0.158 e. The van der Waals surface area contributed by atoms with Gasteiger partial charge in [-0.25, -0.2) is 0 Å². The van der Waals surface area contributed by atoms with Gasteiger partial charge in [-0.3, -0.25) is 0 Å². The second kappa shape index (κ2) is 7.50. The van der Waals surface area contributed by atoms with Crippen LogP contribution in [0.3, 0.4) is 0 Å². The van der Waals surface area contributed by atoms with Gasteiger partial charge in [0.2, 0.25) is 0 Å². The lowest BCUT2D eigenvalue weighted by molar-refractivity contribution is 0.670. The largest absolute Gasteiger partial charge is 0.454 e. The van der Waals surface area contributed by atoms with E-state index in [1.165, 1.54) is 32.7 Å². The van der Waals surface area contributed by atoms with E-state index in [9.17, 15) is 0 Å². The second-order valence-corrected chi connectivity index (χ2v) is 8.71. The molecule has 7 rings (SSSR count). The fourth-order valence-corrected chi connectivity index (χ4v) is 4.93. The van der Waals surface area contributed by atoms with Crippen LogP contribution in [-0.4, -0.2) is 0 Å². The minimum Gasteiger partial charge on any atom is -0.454 e. The van der Waals surface area contributed by atoms with Gasteiger partial charge in [0, 0.05) is 16.5 Å². The van der Waals surface area contributed by atoms with Gasteiger partial charge in [-0.1, -0.05) is 91.0 Å². The number of para-hydroxylation sites is 2. The molecule has 0 aliphatic heterocycles. The molecular weight excluding hydrogens is 414 g/mol. The first-order valence-corrected chi connectivity index (χ1v) is 11.5. The van der Waals surface area contributed by atoms with Gasteiger partial charge >= 0.3 is 0 Å². The normalized spacial score (nSPS) is 11.5. The summed E-state index contributed by atoms with van der Waals surface area (Å²) in [6.45, 7) is 0. The zero-order valence-corrected chi connectivity index (χ0v) is 18.5. The molecule has 34 heavy (non-hydrogen) atoms. The molecule has 1 aromatic heterocycles. The molecule has 0 saturated heterocycles. The van der Waals surface area contributed by atoms with E-state index in [0.29, 0.717) is 0 Å². The molecule has 0 amide bonds. The first-order valence-electron chi connectivity index (χ1n) is 11.5. The van der Waals surface area contributed by atoms with Crippen molar-refractivity contribution in [3.63, 3.8) is 0 Å². The van der Waals surface area contributed by atoms with Crippen LogP contribution in [0.25, 0.3) is 54.6 Å². The summed E-state index contributed by atoms with van der Waals surface area (Å²) < 4.78 is 6.16. The number of nitrogens with one attached hydrogen (secondary N) is 1. The summed E-state index contributed by atoms with van der Waals surface area (Å²) in [6.07, 6.45) is 0. The number of furan rings is 1. The van der Waals surface area contributed by atoms with Crippen LogP contribution in [-0.2, 0) is 0 Å². The second-order valence-electron chi connectivity index (χ2n) is 8.71. The van der Waals surface area contributed by atoms with Gasteiger partial charge in [0.15, 0.2) is 5.58 Å². The molecule has 0 spiro atoms. The monoisotopic (exact) mass is 435 g/mol. The topological polar surface area (TPSA) is 25.2 Å². The van der Waals surface area contributed by atoms with Crippen molar-refractivity contribution in [2.24, 2.45) is 0 Å². The van der Waals surface area contributed by atoms with Crippen LogP contribution in [0, 0.1) is 0 Å². The lowest BCUT2D eigenvalue weighted by Crippen LogP contribution is -1.90. The average Bonchev–Trinajstić information content (AvgIpc) is 3.29. The van der Waals surface area contributed by atoms with Crippen molar-refractivity contribution in [3.05, 3.63) is 121 Å². The fourth-order valence-electron chi connectivity index (χ4n) is 4.93. The van der Waals surface area contributed by atoms with Gasteiger partial charge in [0.05, 0.1) is 5.69 Å². The Kier molecular flexibility index (Phi) is 4.18. The molecule has 160 valence electrons. The summed E-state index contributed by atoms with van der Waals surface area (Å²) in [5.41, 5.74) is 6.21. The highest BCUT2D eigenvalue weighted by atomic mass is 16.3. The van der Waals surface area contributed by atoms with Crippen LogP contribution < -0.4 is 5.32 Å². The average molecular weight is 436 g/mol. The Morgan fingerprint density at radius 2 is 1.15 bits per heavy atom. The van der Waals surface area contributed by atoms with Gasteiger partial charge in [0.1, 0.15) is 5.58 Å². The van der Waals surface area contributed by atoms with E-state index in [-0.39, 0.29) is 0 Å². The maximum atomic E-state index is 6.16. The first-order chi connectivity index (χ1) is 16.8. The highest BCUT2D eigenvalue weighted by molar-refractivity contribution is 6.10. The number of anilines is 2. The van der Waals surface area contributed by atoms with Crippen molar-refractivity contribution in [2.45, 2.75) is 0 Å². The third kappa shape index (κ3) is 3.04. The van der Waals surface area contributed by atoms with E-state index in [0.717, 1.165) is 33.3 Å². The summed E-state index contributed by atoms with van der Waals surface area (Å²) in [5.74, 6) is 0. The number of benzene rings is 6. The van der Waals surface area contributed by atoms with Gasteiger partial charge in [-0.15, -0.1) is 0 Å². The van der Waals surface area contributed by atoms with Gasteiger partial charge in [-0.05, 0) is 63.0 Å². The molecule has 0 atom stereocenters. The molecule has 0 fully saturated rings. The minimum atomic E-state index is 0.884. The molecule has 0 aliphatic rings. The molecule has 1 N–H and O–H groups in total. The number of hydrogen-bond donors (Lipinski definition) is 1. The molecule has 6 aromatic carbocycles. The van der Waals surface area contributed by atoms with E-state index in [1.54, 1.807) is 0 Å². The third-order valence-electron chi connectivity index (χ3n) is 6.65. The standard InChI is InChI=1S/C32H21NO/c1-2-7-26-22(6-1)12-13-23-14-15-24(20-29(23)26)21-16-18-25(19-17-21)33-30-10-5-9-28-27-8-3-4-11-31(27)34-32(28)30/h1-20,33H. The summed E-state index contributed by atoms with van der Waals surface area (Å²) >= 11 is 0. The van der Waals surface area contributed by atoms with Crippen molar-refractivity contribution in [1.82, 2.24) is 0 Å². The molecule has 0 aliphatic carbocycles. The van der Waals surface area contributed by atoms with Crippen molar-refractivity contribution >= 4 is 54.9 Å². The lowest BCUT2D eigenvalue weighted by atomic mass is 9.97. The van der Waals surface area contributed by atoms with E-state index in [1.807, 2.05) is 18.2 Å². The molecule has 1 heterocycles. The zero-order valence-electron chi connectivity index (χ0n) is 18.5. The Labute approximate surface area is 197 Å². The number of hydrogen-bond acceptors (Lipinski definition) is 2. The van der Waals surface area contributed by atoms with Crippen molar-refractivity contribution in [1.29, 1.82) is 0 Å². The van der Waals surface area contributed by atoms with Gasteiger partial charge in [0.25, 0.3) is 0 Å². The Balaban J connectivity index is 1.25. The van der Waals surface area contributed by atoms with Gasteiger partial charge in [-0.2, -0.15) is 0 Å². The van der Waals surface area contributed by atoms with Crippen molar-refractivity contribution in [2.75, 3.05) is 5.32 Å². The third-order valence-corrected chi connectivity index (χ3v) is 6.65. The first kappa shape index (κ1) is 19.0. The molecule has 2 heteroatoms. The zero-order chi connectivity index (χ0) is 22.5. The fraction of sp³-hybridized carbons (Fsp3) is 0. The van der Waals surface area contributed by atoms with Crippen LogP contribution in [0.5, 0.6) is 0 Å². The van der Waals surface area contributed by atoms with Crippen molar-refractivity contribution < 1.29 is 4.42 Å². The molecule has 0 radical (unpaired) electrons. The quantitative estimate of drug-likeness (QED) is 0.280. The molecule has 0 bridgehead atoms. The van der Waals surface area contributed by atoms with E-state index >= 15 is 0 Å². The van der Waals surface area contributed by atoms with Crippen LogP contribution in [0.1, 0.15) is 0 Å². The number of rotatable bonds is 3. The highest BCUT2D eigenvalue weighted by Crippen LogP contribution is 2.35. The van der Waals surface area contributed by atoms with Crippen LogP contribution in [0.4, 0.5) is 11.4 Å². The molecule has 7 aromatic rings. The van der Waals surface area contributed by atoms with E-state index in [2.05, 4.69) is 108 Å². The molecule has 0 saturated carbocycles. The smallest absolute Gasteiger partial charge is 0.158 e. The Morgan fingerprint density at radius 1 is 0.471 bits per heavy atom. The Bertz CT molecular complexity index is 1830. The van der Waals surface area contributed by atoms with E-state index in [4.69, 9.17) is 4.42 Å². The maximum absolute atomic E-state index is 6.16. The summed E-state index contributed by atoms with van der Waals surface area (Å²) in [5, 5.41) is 10.9. The highest BCUT2D eigenvalue weighted by Gasteiger charge is 2.10. The predicted octanol–water partition coefficient (Wildman–Crippen LogP) is 9.30. The van der Waals surface area contributed by atoms with E-state index < -0.39 is 0 Å². The predicted molar refractivity (Wildman–Crippen MR) is 144 cm³/mol. The van der Waals surface area contributed by atoms with Crippen LogP contribution in [0.15, 0.2) is 126 Å². The lowest BCUT2D eigenvalue weighted by Gasteiger charge is -2.10. The summed E-state index contributed by atoms with van der Waals surface area (Å²) in [7, 11) is 0. The summed E-state index contributed by atoms with van der Waals surface area (Å²) in [6, 6.07) is 42.7. The Hall–Kier alpha value is -4.56. The van der Waals surface area contributed by atoms with Crippen molar-refractivity contribution in [3.8, 4) is 11.1 Å².